The van der Waals surface area contributed by atoms with E-state index in [1.807, 2.05) is 13.0 Å². The molecule has 4 N–H and O–H groups in total. The summed E-state index contributed by atoms with van der Waals surface area (Å²) in [5.41, 5.74) is 8.79. The number of hydrogen-bond acceptors (Lipinski definition) is 4. The fraction of sp³-hybridized carbons (Fsp3) is 0.308. The first-order valence-electron chi connectivity index (χ1n) is 6.22. The molecule has 6 nitrogen and oxygen atoms in total. The fourth-order valence-electron chi connectivity index (χ4n) is 1.98. The standard InChI is InChI=1S/C13H18N4O2S/c1-9-11(6-14)4-3-5-13(9)20(18,19)16-8-12-7-15-17-10(12)2/h3-5,7,16H,6,8,14H2,1-2H3,(H,15,17). The van der Waals surface area contributed by atoms with E-state index in [-0.39, 0.29) is 11.4 Å². The van der Waals surface area contributed by atoms with Crippen molar-refractivity contribution in [2.75, 3.05) is 0 Å². The molecular weight excluding hydrogens is 276 g/mol. The van der Waals surface area contributed by atoms with Crippen molar-refractivity contribution in [3.8, 4) is 0 Å². The number of nitrogens with two attached hydrogens (primary N) is 1. The fourth-order valence-corrected chi connectivity index (χ4v) is 3.27. The van der Waals surface area contributed by atoms with Crippen molar-refractivity contribution in [3.63, 3.8) is 0 Å². The number of nitrogens with one attached hydrogen (secondary N) is 2. The number of sulfonamides is 1. The maximum absolute atomic E-state index is 12.3. The molecule has 1 aromatic heterocycles. The van der Waals surface area contributed by atoms with Crippen LogP contribution in [-0.4, -0.2) is 18.6 Å². The lowest BCUT2D eigenvalue weighted by Crippen LogP contribution is -2.24. The number of rotatable bonds is 5. The Morgan fingerprint density at radius 2 is 2.05 bits per heavy atom. The van der Waals surface area contributed by atoms with Crippen LogP contribution in [0.25, 0.3) is 0 Å². The van der Waals surface area contributed by atoms with Gasteiger partial charge in [0.1, 0.15) is 0 Å². The van der Waals surface area contributed by atoms with Crippen LogP contribution >= 0.6 is 0 Å². The van der Waals surface area contributed by atoms with Crippen molar-refractivity contribution in [2.45, 2.75) is 31.8 Å². The number of hydrogen-bond donors (Lipinski definition) is 3. The number of aromatic nitrogens is 2. The minimum Gasteiger partial charge on any atom is -0.326 e. The van der Waals surface area contributed by atoms with E-state index in [4.69, 9.17) is 5.73 Å². The van der Waals surface area contributed by atoms with Gasteiger partial charge < -0.3 is 5.73 Å². The van der Waals surface area contributed by atoms with Crippen LogP contribution in [0.15, 0.2) is 29.3 Å². The van der Waals surface area contributed by atoms with E-state index in [9.17, 15) is 8.42 Å². The SMILES string of the molecule is Cc1[nH]ncc1CNS(=O)(=O)c1cccc(CN)c1C. The van der Waals surface area contributed by atoms with E-state index >= 15 is 0 Å². The molecule has 20 heavy (non-hydrogen) atoms. The first kappa shape index (κ1) is 14.7. The molecule has 0 amide bonds. The maximum atomic E-state index is 12.3. The van der Waals surface area contributed by atoms with Crippen LogP contribution in [-0.2, 0) is 23.1 Å². The molecule has 0 radical (unpaired) electrons. The van der Waals surface area contributed by atoms with Gasteiger partial charge in [0.05, 0.1) is 11.1 Å². The Hall–Kier alpha value is -1.70. The van der Waals surface area contributed by atoms with Gasteiger partial charge in [-0.25, -0.2) is 13.1 Å². The van der Waals surface area contributed by atoms with Gasteiger partial charge in [-0.05, 0) is 31.0 Å². The summed E-state index contributed by atoms with van der Waals surface area (Å²) in [7, 11) is -3.56. The van der Waals surface area contributed by atoms with Crippen molar-refractivity contribution in [1.29, 1.82) is 0 Å². The maximum Gasteiger partial charge on any atom is 0.241 e. The predicted octanol–water partition coefficient (Wildman–Crippen LogP) is 0.964. The summed E-state index contributed by atoms with van der Waals surface area (Å²) in [5.74, 6) is 0. The Labute approximate surface area is 118 Å². The zero-order chi connectivity index (χ0) is 14.8. The first-order chi connectivity index (χ1) is 9.45. The molecule has 0 bridgehead atoms. The molecule has 7 heteroatoms. The highest BCUT2D eigenvalue weighted by Crippen LogP contribution is 2.19. The number of benzene rings is 1. The van der Waals surface area contributed by atoms with Gasteiger partial charge in [0, 0.05) is 24.3 Å². The van der Waals surface area contributed by atoms with Gasteiger partial charge >= 0.3 is 0 Å². The van der Waals surface area contributed by atoms with Crippen molar-refractivity contribution < 1.29 is 8.42 Å². The van der Waals surface area contributed by atoms with Crippen LogP contribution in [0.1, 0.15) is 22.4 Å². The monoisotopic (exact) mass is 294 g/mol. The summed E-state index contributed by atoms with van der Waals surface area (Å²) < 4.78 is 27.3. The van der Waals surface area contributed by atoms with E-state index in [0.29, 0.717) is 12.1 Å². The van der Waals surface area contributed by atoms with Gasteiger partial charge in [0.15, 0.2) is 0 Å². The molecule has 0 aliphatic carbocycles. The van der Waals surface area contributed by atoms with Crippen molar-refractivity contribution >= 4 is 10.0 Å². The normalized spacial score (nSPS) is 11.8. The van der Waals surface area contributed by atoms with E-state index in [0.717, 1.165) is 16.8 Å². The Bertz CT molecular complexity index is 707. The average molecular weight is 294 g/mol. The van der Waals surface area contributed by atoms with E-state index in [1.165, 1.54) is 0 Å². The second-order valence-electron chi connectivity index (χ2n) is 4.59. The quantitative estimate of drug-likeness (QED) is 0.764. The Morgan fingerprint density at radius 3 is 2.65 bits per heavy atom. The van der Waals surface area contributed by atoms with Gasteiger partial charge in [0.2, 0.25) is 10.0 Å². The molecule has 1 aromatic carbocycles. The van der Waals surface area contributed by atoms with Gasteiger partial charge in [-0.2, -0.15) is 5.10 Å². The molecule has 2 rings (SSSR count). The Morgan fingerprint density at radius 1 is 1.30 bits per heavy atom. The lowest BCUT2D eigenvalue weighted by atomic mass is 10.1. The van der Waals surface area contributed by atoms with Crippen molar-refractivity contribution in [1.82, 2.24) is 14.9 Å². The van der Waals surface area contributed by atoms with Gasteiger partial charge in [-0.3, -0.25) is 5.10 Å². The third-order valence-electron chi connectivity index (χ3n) is 3.29. The molecule has 0 aliphatic rings. The number of H-pyrrole nitrogens is 1. The minimum atomic E-state index is -3.56. The number of aryl methyl sites for hydroxylation is 1. The minimum absolute atomic E-state index is 0.205. The van der Waals surface area contributed by atoms with Gasteiger partial charge in [0.25, 0.3) is 0 Å². The highest BCUT2D eigenvalue weighted by atomic mass is 32.2. The Kier molecular flexibility index (Phi) is 4.22. The van der Waals surface area contributed by atoms with E-state index in [2.05, 4.69) is 14.9 Å². The largest absolute Gasteiger partial charge is 0.326 e. The third kappa shape index (κ3) is 2.90. The molecule has 0 fully saturated rings. The molecule has 0 aliphatic heterocycles. The van der Waals surface area contributed by atoms with Crippen LogP contribution < -0.4 is 10.5 Å². The molecule has 0 saturated carbocycles. The highest BCUT2D eigenvalue weighted by Gasteiger charge is 2.18. The van der Waals surface area contributed by atoms with E-state index in [1.54, 1.807) is 25.3 Å². The zero-order valence-electron chi connectivity index (χ0n) is 11.5. The molecule has 1 heterocycles. The van der Waals surface area contributed by atoms with Crippen LogP contribution in [0.5, 0.6) is 0 Å². The first-order valence-corrected chi connectivity index (χ1v) is 7.71. The van der Waals surface area contributed by atoms with Crippen LogP contribution in [0.2, 0.25) is 0 Å². The topological polar surface area (TPSA) is 101 Å². The molecule has 0 saturated heterocycles. The molecule has 0 spiro atoms. The van der Waals surface area contributed by atoms with Crippen molar-refractivity contribution in [2.24, 2.45) is 5.73 Å². The molecule has 108 valence electrons. The third-order valence-corrected chi connectivity index (χ3v) is 4.84. The Balaban J connectivity index is 2.25. The summed E-state index contributed by atoms with van der Waals surface area (Å²) in [5, 5.41) is 6.64. The highest BCUT2D eigenvalue weighted by molar-refractivity contribution is 7.89. The van der Waals surface area contributed by atoms with Gasteiger partial charge in [-0.1, -0.05) is 12.1 Å². The lowest BCUT2D eigenvalue weighted by molar-refractivity contribution is 0.580. The number of aromatic amines is 1. The summed E-state index contributed by atoms with van der Waals surface area (Å²) in [6.07, 6.45) is 1.61. The van der Waals surface area contributed by atoms with E-state index < -0.39 is 10.0 Å². The second-order valence-corrected chi connectivity index (χ2v) is 6.32. The van der Waals surface area contributed by atoms with Crippen LogP contribution in [0.3, 0.4) is 0 Å². The smallest absolute Gasteiger partial charge is 0.241 e. The summed E-state index contributed by atoms with van der Waals surface area (Å²) in [6, 6.07) is 5.11. The summed E-state index contributed by atoms with van der Waals surface area (Å²) in [4.78, 5) is 0.265. The number of nitrogens with zero attached hydrogens (tertiary/aromatic N) is 1. The van der Waals surface area contributed by atoms with Crippen molar-refractivity contribution in [3.05, 3.63) is 46.8 Å². The summed E-state index contributed by atoms with van der Waals surface area (Å²) in [6.45, 7) is 4.13. The molecule has 2 aromatic rings. The second kappa shape index (κ2) is 5.74. The molecule has 0 atom stereocenters. The van der Waals surface area contributed by atoms with Crippen LogP contribution in [0.4, 0.5) is 0 Å². The summed E-state index contributed by atoms with van der Waals surface area (Å²) >= 11 is 0. The predicted molar refractivity (Wildman–Crippen MR) is 76.4 cm³/mol. The lowest BCUT2D eigenvalue weighted by Gasteiger charge is -2.11. The van der Waals surface area contributed by atoms with Gasteiger partial charge in [-0.15, -0.1) is 0 Å². The average Bonchev–Trinajstić information content (AvgIpc) is 2.82. The van der Waals surface area contributed by atoms with Crippen LogP contribution in [0, 0.1) is 13.8 Å². The molecule has 0 unspecified atom stereocenters. The zero-order valence-corrected chi connectivity index (χ0v) is 12.3. The molecular formula is C13H18N4O2S.